The molecular weight excluding hydrogens is 438 g/mol. The van der Waals surface area contributed by atoms with E-state index >= 15 is 0 Å². The van der Waals surface area contributed by atoms with Crippen molar-refractivity contribution < 1.29 is 13.9 Å². The third-order valence-corrected chi connectivity index (χ3v) is 8.26. The summed E-state index contributed by atoms with van der Waals surface area (Å²) in [4.78, 5) is 17.3. The molecule has 4 atom stereocenters. The first kappa shape index (κ1) is 24.1. The molecule has 1 aromatic heterocycles. The lowest BCUT2D eigenvalue weighted by atomic mass is 9.76. The average molecular weight is 476 g/mol. The van der Waals surface area contributed by atoms with Crippen molar-refractivity contribution in [3.63, 3.8) is 0 Å². The second kappa shape index (κ2) is 11.4. The maximum atomic E-state index is 12.7. The first-order valence-electron chi connectivity index (χ1n) is 13.5. The zero-order valence-electron chi connectivity index (χ0n) is 20.6. The summed E-state index contributed by atoms with van der Waals surface area (Å²) >= 11 is 0. The molecule has 2 aliphatic heterocycles. The molecule has 1 saturated carbocycles. The van der Waals surface area contributed by atoms with Gasteiger partial charge in [0, 0.05) is 12.5 Å². The van der Waals surface area contributed by atoms with Gasteiger partial charge in [-0.05, 0) is 42.7 Å². The van der Waals surface area contributed by atoms with Crippen LogP contribution < -0.4 is 5.32 Å². The number of rotatable bonds is 10. The lowest BCUT2D eigenvalue weighted by Gasteiger charge is -2.25. The Morgan fingerprint density at radius 3 is 2.77 bits per heavy atom. The normalized spacial score (nSPS) is 26.0. The van der Waals surface area contributed by atoms with E-state index in [1.807, 2.05) is 12.1 Å². The molecule has 1 N–H and O–H groups in total. The predicted octanol–water partition coefficient (Wildman–Crippen LogP) is 5.72. The summed E-state index contributed by atoms with van der Waals surface area (Å²) in [5.74, 6) is 1.69. The van der Waals surface area contributed by atoms with Crippen molar-refractivity contribution in [2.45, 2.75) is 95.2 Å². The van der Waals surface area contributed by atoms with Crippen molar-refractivity contribution in [1.29, 1.82) is 5.26 Å². The highest BCUT2D eigenvalue weighted by Crippen LogP contribution is 2.49. The number of oxazole rings is 1. The Morgan fingerprint density at radius 2 is 1.91 bits per heavy atom. The fraction of sp³-hybridized carbons (Fsp3) is 0.621. The van der Waals surface area contributed by atoms with E-state index in [-0.39, 0.29) is 30.0 Å². The number of unbranched alkanes of at least 4 members (excludes halogenated alkanes) is 1. The fourth-order valence-corrected chi connectivity index (χ4v) is 6.48. The van der Waals surface area contributed by atoms with E-state index in [1.54, 1.807) is 0 Å². The zero-order valence-corrected chi connectivity index (χ0v) is 20.6. The van der Waals surface area contributed by atoms with Gasteiger partial charge in [-0.15, -0.1) is 0 Å². The van der Waals surface area contributed by atoms with Crippen LogP contribution in [0, 0.1) is 23.2 Å². The van der Waals surface area contributed by atoms with Gasteiger partial charge in [-0.2, -0.15) is 5.26 Å². The van der Waals surface area contributed by atoms with Gasteiger partial charge in [0.05, 0.1) is 30.6 Å². The van der Waals surface area contributed by atoms with Crippen LogP contribution in [-0.4, -0.2) is 29.6 Å². The largest absolute Gasteiger partial charge is 0.448 e. The summed E-state index contributed by atoms with van der Waals surface area (Å²) in [7, 11) is 0. The minimum Gasteiger partial charge on any atom is -0.448 e. The van der Waals surface area contributed by atoms with Crippen LogP contribution in [0.3, 0.4) is 0 Å². The van der Waals surface area contributed by atoms with E-state index in [9.17, 15) is 4.79 Å². The summed E-state index contributed by atoms with van der Waals surface area (Å²) < 4.78 is 12.1. The SMILES string of the molecule is N#CCc1cccc(CC2C3CCC(O3)C2c2nc(C(=O)NCCCCC3CCCCC3)co2)c1. The zero-order chi connectivity index (χ0) is 24.0. The Bertz CT molecular complexity index is 1040. The van der Waals surface area contributed by atoms with E-state index in [2.05, 4.69) is 28.5 Å². The molecule has 4 unspecified atom stereocenters. The highest BCUT2D eigenvalue weighted by Gasteiger charge is 2.51. The Kier molecular flexibility index (Phi) is 7.83. The summed E-state index contributed by atoms with van der Waals surface area (Å²) in [6.07, 6.45) is 15.5. The second-order valence-electron chi connectivity index (χ2n) is 10.7. The standard InChI is InChI=1S/C29H37N3O3/c30-15-14-21-10-6-11-22(17-21)18-23-25-12-13-26(35-25)27(23)29-32-24(19-34-29)28(33)31-16-5-4-9-20-7-2-1-3-8-20/h6,10-11,17,19-20,23,25-27H,1-5,7-9,12-14,16,18H2,(H,31,33). The highest BCUT2D eigenvalue weighted by atomic mass is 16.5. The summed E-state index contributed by atoms with van der Waals surface area (Å²) in [5.41, 5.74) is 2.62. The Morgan fingerprint density at radius 1 is 1.09 bits per heavy atom. The molecular formula is C29H37N3O3. The minimum absolute atomic E-state index is 0.0606. The lowest BCUT2D eigenvalue weighted by molar-refractivity contribution is 0.0898. The van der Waals surface area contributed by atoms with Crippen LogP contribution in [0.25, 0.3) is 0 Å². The summed E-state index contributed by atoms with van der Waals surface area (Å²) in [6.45, 7) is 0.687. The number of aromatic nitrogens is 1. The number of hydrogen-bond acceptors (Lipinski definition) is 5. The molecule has 5 rings (SSSR count). The van der Waals surface area contributed by atoms with Crippen LogP contribution in [0.2, 0.25) is 0 Å². The molecule has 1 amide bonds. The number of ether oxygens (including phenoxy) is 1. The number of nitrogens with one attached hydrogen (secondary N) is 1. The number of amides is 1. The molecule has 3 aliphatic rings. The molecule has 1 aromatic carbocycles. The molecule has 3 fully saturated rings. The Hall–Kier alpha value is -2.65. The van der Waals surface area contributed by atoms with Gasteiger partial charge < -0.3 is 14.5 Å². The molecule has 2 bridgehead atoms. The average Bonchev–Trinajstić information content (AvgIpc) is 3.62. The van der Waals surface area contributed by atoms with Crippen molar-refractivity contribution in [1.82, 2.24) is 10.3 Å². The van der Waals surface area contributed by atoms with Crippen molar-refractivity contribution in [2.24, 2.45) is 11.8 Å². The van der Waals surface area contributed by atoms with Crippen molar-refractivity contribution in [3.8, 4) is 6.07 Å². The summed E-state index contributed by atoms with van der Waals surface area (Å²) in [5, 5.41) is 12.1. The van der Waals surface area contributed by atoms with Crippen LogP contribution in [0.5, 0.6) is 0 Å². The van der Waals surface area contributed by atoms with Gasteiger partial charge in [-0.25, -0.2) is 4.98 Å². The van der Waals surface area contributed by atoms with Crippen molar-refractivity contribution >= 4 is 5.91 Å². The minimum atomic E-state index is -0.150. The van der Waals surface area contributed by atoms with Gasteiger partial charge >= 0.3 is 0 Å². The first-order valence-corrected chi connectivity index (χ1v) is 13.5. The molecule has 2 aromatic rings. The van der Waals surface area contributed by atoms with E-state index in [4.69, 9.17) is 14.4 Å². The maximum Gasteiger partial charge on any atom is 0.273 e. The van der Waals surface area contributed by atoms with Crippen LogP contribution in [0.15, 0.2) is 34.9 Å². The topological polar surface area (TPSA) is 88.1 Å². The molecule has 35 heavy (non-hydrogen) atoms. The maximum absolute atomic E-state index is 12.7. The number of hydrogen-bond donors (Lipinski definition) is 1. The smallest absolute Gasteiger partial charge is 0.273 e. The van der Waals surface area contributed by atoms with Gasteiger partial charge in [0.1, 0.15) is 6.26 Å². The molecule has 186 valence electrons. The van der Waals surface area contributed by atoms with Crippen LogP contribution >= 0.6 is 0 Å². The van der Waals surface area contributed by atoms with Crippen molar-refractivity contribution in [3.05, 3.63) is 53.2 Å². The number of fused-ring (bicyclic) bond motifs is 2. The number of benzene rings is 1. The van der Waals surface area contributed by atoms with Crippen LogP contribution in [0.4, 0.5) is 0 Å². The quantitative estimate of drug-likeness (QED) is 0.444. The van der Waals surface area contributed by atoms with Gasteiger partial charge in [0.15, 0.2) is 5.69 Å². The van der Waals surface area contributed by atoms with Gasteiger partial charge in [0.2, 0.25) is 5.89 Å². The number of carbonyl (C=O) groups excluding carboxylic acids is 1. The molecule has 0 radical (unpaired) electrons. The molecule has 2 saturated heterocycles. The van der Waals surface area contributed by atoms with Gasteiger partial charge in [-0.3, -0.25) is 4.79 Å². The van der Waals surface area contributed by atoms with Crippen LogP contribution in [0.1, 0.15) is 97.6 Å². The molecule has 6 heteroatoms. The van der Waals surface area contributed by atoms with E-state index < -0.39 is 0 Å². The Labute approximate surface area is 208 Å². The lowest BCUT2D eigenvalue weighted by Crippen LogP contribution is -2.28. The monoisotopic (exact) mass is 475 g/mol. The number of nitriles is 1. The van der Waals surface area contributed by atoms with Gasteiger partial charge in [-0.1, -0.05) is 69.2 Å². The van der Waals surface area contributed by atoms with Crippen molar-refractivity contribution in [2.75, 3.05) is 6.54 Å². The first-order chi connectivity index (χ1) is 17.2. The second-order valence-corrected chi connectivity index (χ2v) is 10.7. The molecule has 1 aliphatic carbocycles. The fourth-order valence-electron chi connectivity index (χ4n) is 6.48. The Balaban J connectivity index is 1.15. The third-order valence-electron chi connectivity index (χ3n) is 8.26. The molecule has 6 nitrogen and oxygen atoms in total. The third kappa shape index (κ3) is 5.78. The summed E-state index contributed by atoms with van der Waals surface area (Å²) in [6, 6.07) is 10.5. The molecule has 3 heterocycles. The number of carbonyl (C=O) groups is 1. The predicted molar refractivity (Wildman–Crippen MR) is 133 cm³/mol. The number of nitrogens with zero attached hydrogens (tertiary/aromatic N) is 2. The van der Waals surface area contributed by atoms with E-state index in [0.29, 0.717) is 24.6 Å². The van der Waals surface area contributed by atoms with E-state index in [0.717, 1.165) is 37.2 Å². The van der Waals surface area contributed by atoms with Crippen LogP contribution in [-0.2, 0) is 17.6 Å². The molecule has 0 spiro atoms. The highest BCUT2D eigenvalue weighted by molar-refractivity contribution is 5.91. The van der Waals surface area contributed by atoms with Gasteiger partial charge in [0.25, 0.3) is 5.91 Å². The van der Waals surface area contributed by atoms with E-state index in [1.165, 1.54) is 56.8 Å².